The van der Waals surface area contributed by atoms with Gasteiger partial charge in [0.15, 0.2) is 9.84 Å². The Balaban J connectivity index is 2.12. The summed E-state index contributed by atoms with van der Waals surface area (Å²) in [6.07, 6.45) is 4.42. The quantitative estimate of drug-likeness (QED) is 0.835. The fourth-order valence-electron chi connectivity index (χ4n) is 3.45. The van der Waals surface area contributed by atoms with E-state index in [1.807, 2.05) is 25.6 Å². The molecule has 2 heterocycles. The number of sulfone groups is 1. The SMILES string of the molecule is CCNC(C1CCOC2(CCSC2)C1)C(C)S(C)(=O)=O. The summed E-state index contributed by atoms with van der Waals surface area (Å²) in [5.74, 6) is 2.63. The van der Waals surface area contributed by atoms with Crippen molar-refractivity contribution >= 4 is 21.6 Å². The number of rotatable bonds is 5. The molecule has 1 N–H and O–H groups in total. The first-order valence-electron chi connectivity index (χ1n) is 7.52. The van der Waals surface area contributed by atoms with Gasteiger partial charge in [0.05, 0.1) is 10.9 Å². The molecule has 4 unspecified atom stereocenters. The summed E-state index contributed by atoms with van der Waals surface area (Å²) >= 11 is 1.96. The Morgan fingerprint density at radius 2 is 2.25 bits per heavy atom. The zero-order chi connectivity index (χ0) is 14.8. The van der Waals surface area contributed by atoms with Crippen LogP contribution in [0.25, 0.3) is 0 Å². The molecule has 0 aliphatic carbocycles. The Morgan fingerprint density at radius 1 is 1.50 bits per heavy atom. The van der Waals surface area contributed by atoms with Crippen LogP contribution in [0.2, 0.25) is 0 Å². The van der Waals surface area contributed by atoms with Crippen molar-refractivity contribution in [3.8, 4) is 0 Å². The van der Waals surface area contributed by atoms with Gasteiger partial charge in [0, 0.05) is 24.7 Å². The summed E-state index contributed by atoms with van der Waals surface area (Å²) in [6, 6.07) is 0.0429. The Morgan fingerprint density at radius 3 is 2.80 bits per heavy atom. The van der Waals surface area contributed by atoms with Crippen molar-refractivity contribution in [2.45, 2.75) is 50.0 Å². The van der Waals surface area contributed by atoms with Crippen molar-refractivity contribution in [2.24, 2.45) is 5.92 Å². The van der Waals surface area contributed by atoms with Gasteiger partial charge in [-0.3, -0.25) is 0 Å². The van der Waals surface area contributed by atoms with Gasteiger partial charge in [-0.1, -0.05) is 6.92 Å². The highest BCUT2D eigenvalue weighted by molar-refractivity contribution is 7.99. The lowest BCUT2D eigenvalue weighted by molar-refractivity contribution is -0.0849. The van der Waals surface area contributed by atoms with Crippen molar-refractivity contribution in [2.75, 3.05) is 30.9 Å². The number of hydrogen-bond donors (Lipinski definition) is 1. The van der Waals surface area contributed by atoms with Crippen LogP contribution >= 0.6 is 11.8 Å². The third kappa shape index (κ3) is 3.70. The van der Waals surface area contributed by atoms with Crippen molar-refractivity contribution in [1.82, 2.24) is 5.32 Å². The third-order valence-corrected chi connectivity index (χ3v) is 7.59. The molecule has 6 heteroatoms. The molecule has 20 heavy (non-hydrogen) atoms. The van der Waals surface area contributed by atoms with E-state index in [9.17, 15) is 8.42 Å². The van der Waals surface area contributed by atoms with Crippen LogP contribution in [0.1, 0.15) is 33.1 Å². The second-order valence-corrected chi connectivity index (χ2v) is 9.71. The molecule has 0 amide bonds. The van der Waals surface area contributed by atoms with E-state index >= 15 is 0 Å². The van der Waals surface area contributed by atoms with Crippen LogP contribution in [0.3, 0.4) is 0 Å². The van der Waals surface area contributed by atoms with Gasteiger partial charge in [-0.15, -0.1) is 0 Å². The van der Waals surface area contributed by atoms with Crippen molar-refractivity contribution in [3.63, 3.8) is 0 Å². The van der Waals surface area contributed by atoms with E-state index in [0.29, 0.717) is 5.92 Å². The van der Waals surface area contributed by atoms with Gasteiger partial charge in [0.2, 0.25) is 0 Å². The van der Waals surface area contributed by atoms with Crippen LogP contribution in [-0.4, -0.2) is 56.2 Å². The van der Waals surface area contributed by atoms with Crippen LogP contribution in [0.15, 0.2) is 0 Å². The maximum atomic E-state index is 11.9. The van der Waals surface area contributed by atoms with Gasteiger partial charge in [0.25, 0.3) is 0 Å². The summed E-state index contributed by atoms with van der Waals surface area (Å²) in [5, 5.41) is 3.09. The molecular weight excluding hydrogens is 294 g/mol. The molecule has 0 aromatic rings. The molecule has 2 rings (SSSR count). The standard InChI is InChI=1S/C14H27NO3S2/c1-4-15-13(11(2)20(3,16)17)12-5-7-18-14(9-12)6-8-19-10-14/h11-13,15H,4-10H2,1-3H3. The molecule has 0 aromatic heterocycles. The summed E-state index contributed by atoms with van der Waals surface area (Å²) in [7, 11) is -3.02. The van der Waals surface area contributed by atoms with Gasteiger partial charge in [-0.2, -0.15) is 11.8 Å². The lowest BCUT2D eigenvalue weighted by Crippen LogP contribution is -2.52. The topological polar surface area (TPSA) is 55.4 Å². The first kappa shape index (κ1) is 16.6. The average Bonchev–Trinajstić information content (AvgIpc) is 2.82. The summed E-state index contributed by atoms with van der Waals surface area (Å²) in [5.41, 5.74) is 0.0124. The summed E-state index contributed by atoms with van der Waals surface area (Å²) in [4.78, 5) is 0. The zero-order valence-corrected chi connectivity index (χ0v) is 14.4. The number of nitrogens with one attached hydrogen (secondary N) is 1. The summed E-state index contributed by atoms with van der Waals surface area (Å²) in [6.45, 7) is 5.46. The smallest absolute Gasteiger partial charge is 0.151 e. The highest BCUT2D eigenvalue weighted by atomic mass is 32.2. The molecule has 2 aliphatic rings. The molecule has 4 atom stereocenters. The average molecular weight is 322 g/mol. The fourth-order valence-corrected chi connectivity index (χ4v) is 5.68. The summed E-state index contributed by atoms with van der Waals surface area (Å²) < 4.78 is 29.9. The van der Waals surface area contributed by atoms with E-state index in [2.05, 4.69) is 5.32 Å². The molecule has 1 spiro atoms. The van der Waals surface area contributed by atoms with Crippen molar-refractivity contribution < 1.29 is 13.2 Å². The van der Waals surface area contributed by atoms with E-state index in [4.69, 9.17) is 4.74 Å². The van der Waals surface area contributed by atoms with Gasteiger partial charge in [0.1, 0.15) is 0 Å². The Bertz CT molecular complexity index is 418. The molecule has 0 bridgehead atoms. The van der Waals surface area contributed by atoms with E-state index in [1.54, 1.807) is 0 Å². The monoisotopic (exact) mass is 321 g/mol. The molecule has 4 nitrogen and oxygen atoms in total. The lowest BCUT2D eigenvalue weighted by atomic mass is 9.80. The first-order chi connectivity index (χ1) is 9.38. The maximum absolute atomic E-state index is 11.9. The van der Waals surface area contributed by atoms with Gasteiger partial charge < -0.3 is 10.1 Å². The molecular formula is C14H27NO3S2. The Kier molecular flexibility index (Phi) is 5.43. The normalized spacial score (nSPS) is 34.2. The maximum Gasteiger partial charge on any atom is 0.151 e. The molecule has 0 radical (unpaired) electrons. The Labute approximate surface area is 127 Å². The van der Waals surface area contributed by atoms with Gasteiger partial charge in [-0.05, 0) is 44.4 Å². The number of hydrogen-bond acceptors (Lipinski definition) is 5. The molecule has 2 aliphatic heterocycles. The lowest BCUT2D eigenvalue weighted by Gasteiger charge is -2.42. The molecule has 2 saturated heterocycles. The van der Waals surface area contributed by atoms with Gasteiger partial charge >= 0.3 is 0 Å². The fraction of sp³-hybridized carbons (Fsp3) is 1.00. The molecule has 2 fully saturated rings. The largest absolute Gasteiger partial charge is 0.374 e. The van der Waals surface area contributed by atoms with E-state index < -0.39 is 9.84 Å². The van der Waals surface area contributed by atoms with Crippen molar-refractivity contribution in [1.29, 1.82) is 0 Å². The number of ether oxygens (including phenoxy) is 1. The van der Waals surface area contributed by atoms with E-state index in [-0.39, 0.29) is 16.9 Å². The van der Waals surface area contributed by atoms with Crippen LogP contribution in [0.5, 0.6) is 0 Å². The van der Waals surface area contributed by atoms with Crippen LogP contribution < -0.4 is 5.32 Å². The Hall–Kier alpha value is 0.220. The zero-order valence-electron chi connectivity index (χ0n) is 12.7. The minimum atomic E-state index is -3.02. The highest BCUT2D eigenvalue weighted by Crippen LogP contribution is 2.42. The first-order valence-corrected chi connectivity index (χ1v) is 10.6. The second-order valence-electron chi connectivity index (χ2n) is 6.21. The predicted octanol–water partition coefficient (Wildman–Crippen LogP) is 1.70. The second kappa shape index (κ2) is 6.55. The van der Waals surface area contributed by atoms with Gasteiger partial charge in [-0.25, -0.2) is 8.42 Å². The highest BCUT2D eigenvalue weighted by Gasteiger charge is 2.44. The third-order valence-electron chi connectivity index (χ3n) is 4.73. The minimum absolute atomic E-state index is 0.0124. The minimum Gasteiger partial charge on any atom is -0.374 e. The van der Waals surface area contributed by atoms with Crippen molar-refractivity contribution in [3.05, 3.63) is 0 Å². The predicted molar refractivity (Wildman–Crippen MR) is 85.1 cm³/mol. The van der Waals surface area contributed by atoms with E-state index in [1.165, 1.54) is 12.0 Å². The molecule has 0 saturated carbocycles. The molecule has 0 aromatic carbocycles. The van der Waals surface area contributed by atoms with Crippen LogP contribution in [-0.2, 0) is 14.6 Å². The van der Waals surface area contributed by atoms with Crippen LogP contribution in [0, 0.1) is 5.92 Å². The van der Waals surface area contributed by atoms with E-state index in [0.717, 1.165) is 38.2 Å². The molecule has 118 valence electrons. The number of thioether (sulfide) groups is 1. The van der Waals surface area contributed by atoms with Crippen LogP contribution in [0.4, 0.5) is 0 Å².